The molecule has 1 unspecified atom stereocenters. The van der Waals surface area contributed by atoms with Crippen LogP contribution in [0.4, 0.5) is 0 Å². The molecule has 0 heteroatoms. The predicted molar refractivity (Wildman–Crippen MR) is 62.0 cm³/mol. The lowest BCUT2D eigenvalue weighted by Gasteiger charge is -2.25. The maximum atomic E-state index is 2.49. The van der Waals surface area contributed by atoms with Crippen LogP contribution in [0.15, 0.2) is 11.6 Å². The Morgan fingerprint density at radius 2 is 1.85 bits per heavy atom. The van der Waals surface area contributed by atoms with Crippen LogP contribution < -0.4 is 0 Å². The third-order valence-electron chi connectivity index (χ3n) is 3.06. The third kappa shape index (κ3) is 5.13. The van der Waals surface area contributed by atoms with Gasteiger partial charge in [0.1, 0.15) is 0 Å². The first kappa shape index (κ1) is 12.7. The molecule has 0 aromatic carbocycles. The minimum Gasteiger partial charge on any atom is -0.0797 e. The number of hydrogen-bond donors (Lipinski definition) is 0. The van der Waals surface area contributed by atoms with Gasteiger partial charge in [0.25, 0.3) is 0 Å². The Morgan fingerprint density at radius 3 is 2.23 bits per heavy atom. The molecule has 1 atom stereocenters. The minimum absolute atomic E-state index is 0.454. The molecular weight excluding hydrogens is 156 g/mol. The van der Waals surface area contributed by atoms with Crippen molar-refractivity contribution in [1.29, 1.82) is 0 Å². The molecule has 0 aromatic rings. The van der Waals surface area contributed by atoms with Gasteiger partial charge in [-0.25, -0.2) is 0 Å². The van der Waals surface area contributed by atoms with Crippen LogP contribution in [0.5, 0.6) is 0 Å². The van der Waals surface area contributed by atoms with E-state index in [4.69, 9.17) is 0 Å². The van der Waals surface area contributed by atoms with E-state index in [2.05, 4.69) is 40.7 Å². The van der Waals surface area contributed by atoms with Gasteiger partial charge in [-0.3, -0.25) is 0 Å². The van der Waals surface area contributed by atoms with E-state index in [9.17, 15) is 0 Å². The molecule has 78 valence electrons. The van der Waals surface area contributed by atoms with Crippen molar-refractivity contribution >= 4 is 0 Å². The molecule has 0 saturated carbocycles. The van der Waals surface area contributed by atoms with Gasteiger partial charge in [0.15, 0.2) is 0 Å². The van der Waals surface area contributed by atoms with Crippen molar-refractivity contribution < 1.29 is 0 Å². The topological polar surface area (TPSA) is 0 Å². The summed E-state index contributed by atoms with van der Waals surface area (Å²) in [6.07, 6.45) is 8.97. The maximum absolute atomic E-state index is 2.49. The fourth-order valence-corrected chi connectivity index (χ4v) is 1.63. The molecule has 0 amide bonds. The summed E-state index contributed by atoms with van der Waals surface area (Å²) < 4.78 is 0. The summed E-state index contributed by atoms with van der Waals surface area (Å²) in [4.78, 5) is 0. The Labute approximate surface area is 84.4 Å². The molecule has 0 radical (unpaired) electrons. The summed E-state index contributed by atoms with van der Waals surface area (Å²) >= 11 is 0. The Hall–Kier alpha value is -0.260. The fraction of sp³-hybridized carbons (Fsp3) is 0.846. The zero-order valence-electron chi connectivity index (χ0n) is 10.1. The van der Waals surface area contributed by atoms with E-state index >= 15 is 0 Å². The summed E-state index contributed by atoms with van der Waals surface area (Å²) in [6.45, 7) is 11.4. The SMILES string of the molecule is CCCCC(C)(C=C(C)CC)CC. The van der Waals surface area contributed by atoms with Crippen molar-refractivity contribution in [2.45, 2.75) is 66.7 Å². The summed E-state index contributed by atoms with van der Waals surface area (Å²) in [7, 11) is 0. The van der Waals surface area contributed by atoms with Crippen LogP contribution in [-0.2, 0) is 0 Å². The van der Waals surface area contributed by atoms with Crippen LogP contribution in [0.2, 0.25) is 0 Å². The van der Waals surface area contributed by atoms with Gasteiger partial charge in [-0.15, -0.1) is 0 Å². The molecule has 0 aliphatic rings. The lowest BCUT2D eigenvalue weighted by atomic mass is 9.80. The van der Waals surface area contributed by atoms with Crippen LogP contribution in [0, 0.1) is 5.41 Å². The van der Waals surface area contributed by atoms with Gasteiger partial charge in [-0.1, -0.05) is 52.2 Å². The largest absolute Gasteiger partial charge is 0.0797 e. The first-order valence-electron chi connectivity index (χ1n) is 5.76. The lowest BCUT2D eigenvalue weighted by Crippen LogP contribution is -2.12. The molecule has 0 aromatic heterocycles. The average molecular weight is 182 g/mol. The van der Waals surface area contributed by atoms with Gasteiger partial charge in [0.05, 0.1) is 0 Å². The minimum atomic E-state index is 0.454. The molecule has 0 bridgehead atoms. The third-order valence-corrected chi connectivity index (χ3v) is 3.06. The van der Waals surface area contributed by atoms with Gasteiger partial charge in [0, 0.05) is 0 Å². The standard InChI is InChI=1S/C13H26/c1-6-9-10-13(5,8-3)11-12(4)7-2/h11H,6-10H2,1-5H3. The van der Waals surface area contributed by atoms with Crippen LogP contribution >= 0.6 is 0 Å². The highest BCUT2D eigenvalue weighted by molar-refractivity contribution is 5.05. The van der Waals surface area contributed by atoms with E-state index in [1.165, 1.54) is 32.1 Å². The van der Waals surface area contributed by atoms with E-state index < -0.39 is 0 Å². The van der Waals surface area contributed by atoms with Crippen LogP contribution in [0.1, 0.15) is 66.7 Å². The van der Waals surface area contributed by atoms with Gasteiger partial charge in [-0.05, 0) is 31.6 Å². The maximum Gasteiger partial charge on any atom is -0.0147 e. The van der Waals surface area contributed by atoms with Gasteiger partial charge in [0.2, 0.25) is 0 Å². The second kappa shape index (κ2) is 6.23. The number of allylic oxidation sites excluding steroid dienone is 2. The van der Waals surface area contributed by atoms with E-state index in [-0.39, 0.29) is 0 Å². The zero-order valence-corrected chi connectivity index (χ0v) is 10.1. The molecule has 0 nitrogen and oxygen atoms in total. The predicted octanol–water partition coefficient (Wildman–Crippen LogP) is 4.95. The molecular formula is C13H26. The molecule has 0 rings (SSSR count). The van der Waals surface area contributed by atoms with Crippen molar-refractivity contribution in [3.8, 4) is 0 Å². The van der Waals surface area contributed by atoms with E-state index in [1.807, 2.05) is 0 Å². The van der Waals surface area contributed by atoms with Crippen molar-refractivity contribution in [2.75, 3.05) is 0 Å². The van der Waals surface area contributed by atoms with Gasteiger partial charge < -0.3 is 0 Å². The van der Waals surface area contributed by atoms with Crippen molar-refractivity contribution in [1.82, 2.24) is 0 Å². The molecule has 0 fully saturated rings. The Balaban J connectivity index is 4.26. The number of unbranched alkanes of at least 4 members (excludes halogenated alkanes) is 1. The van der Waals surface area contributed by atoms with E-state index in [0.29, 0.717) is 5.41 Å². The fourth-order valence-electron chi connectivity index (χ4n) is 1.63. The van der Waals surface area contributed by atoms with Crippen LogP contribution in [0.3, 0.4) is 0 Å². The van der Waals surface area contributed by atoms with E-state index in [1.54, 1.807) is 5.57 Å². The van der Waals surface area contributed by atoms with Crippen molar-refractivity contribution in [2.24, 2.45) is 5.41 Å². The molecule has 0 saturated heterocycles. The van der Waals surface area contributed by atoms with E-state index in [0.717, 1.165) is 0 Å². The summed E-state index contributed by atoms with van der Waals surface area (Å²) in [5.74, 6) is 0. The molecule has 0 spiro atoms. The van der Waals surface area contributed by atoms with Crippen LogP contribution in [-0.4, -0.2) is 0 Å². The Morgan fingerprint density at radius 1 is 1.23 bits per heavy atom. The highest BCUT2D eigenvalue weighted by Crippen LogP contribution is 2.31. The summed E-state index contributed by atoms with van der Waals surface area (Å²) in [6, 6.07) is 0. The molecule has 0 aliphatic carbocycles. The lowest BCUT2D eigenvalue weighted by molar-refractivity contribution is 0.361. The highest BCUT2D eigenvalue weighted by Gasteiger charge is 2.17. The molecule has 0 N–H and O–H groups in total. The quantitative estimate of drug-likeness (QED) is 0.510. The molecule has 0 heterocycles. The first-order valence-corrected chi connectivity index (χ1v) is 5.76. The number of hydrogen-bond acceptors (Lipinski definition) is 0. The summed E-state index contributed by atoms with van der Waals surface area (Å²) in [5, 5.41) is 0. The second-order valence-electron chi connectivity index (χ2n) is 4.46. The monoisotopic (exact) mass is 182 g/mol. The van der Waals surface area contributed by atoms with Crippen molar-refractivity contribution in [3.63, 3.8) is 0 Å². The summed E-state index contributed by atoms with van der Waals surface area (Å²) in [5.41, 5.74) is 2.00. The number of rotatable bonds is 6. The second-order valence-corrected chi connectivity index (χ2v) is 4.46. The smallest absolute Gasteiger partial charge is 0.0147 e. The van der Waals surface area contributed by atoms with Gasteiger partial charge in [-0.2, -0.15) is 0 Å². The molecule has 0 aliphatic heterocycles. The Kier molecular flexibility index (Phi) is 6.11. The van der Waals surface area contributed by atoms with Crippen LogP contribution in [0.25, 0.3) is 0 Å². The highest BCUT2D eigenvalue weighted by atomic mass is 14.2. The van der Waals surface area contributed by atoms with Gasteiger partial charge >= 0.3 is 0 Å². The Bertz CT molecular complexity index is 155. The van der Waals surface area contributed by atoms with Crippen molar-refractivity contribution in [3.05, 3.63) is 11.6 Å². The average Bonchev–Trinajstić information content (AvgIpc) is 2.14. The molecule has 13 heavy (non-hydrogen) atoms. The first-order chi connectivity index (χ1) is 6.08. The normalized spacial score (nSPS) is 17.2. The zero-order chi connectivity index (χ0) is 10.3.